The molecule has 7 nitrogen and oxygen atoms in total. The second kappa shape index (κ2) is 12.4. The van der Waals surface area contributed by atoms with Crippen LogP contribution in [-0.4, -0.2) is 55.6 Å². The number of hydrogen-bond donors (Lipinski definition) is 2. The van der Waals surface area contributed by atoms with E-state index in [0.717, 1.165) is 25.7 Å². The molecule has 1 aliphatic carbocycles. The molecule has 0 saturated carbocycles. The summed E-state index contributed by atoms with van der Waals surface area (Å²) in [6.45, 7) is 5.56. The van der Waals surface area contributed by atoms with Gasteiger partial charge in [0.15, 0.2) is 9.84 Å². The van der Waals surface area contributed by atoms with E-state index in [9.17, 15) is 18.0 Å². The Balaban J connectivity index is 0.00000353. The van der Waals surface area contributed by atoms with E-state index in [4.69, 9.17) is 0 Å². The SMILES string of the molecule is CCC(CC)[C@@H]1C(=O)N[C@H](C2Cc3ccccc3C2)C(=O)N1Cc1ccccc1S(=O)(=O)C1CCNCC1.Cl. The number of piperidine rings is 1. The normalized spacial score (nSPS) is 22.5. The number of hydrogen-bond acceptors (Lipinski definition) is 5. The molecular formula is C30H40ClN3O4S. The molecule has 2 fully saturated rings. The van der Waals surface area contributed by atoms with E-state index in [1.807, 2.05) is 32.0 Å². The van der Waals surface area contributed by atoms with Crippen LogP contribution in [0.2, 0.25) is 0 Å². The maximum atomic E-state index is 14.2. The number of benzene rings is 2. The fourth-order valence-electron chi connectivity index (χ4n) is 6.67. The maximum Gasteiger partial charge on any atom is 0.246 e. The Kier molecular flexibility index (Phi) is 9.40. The van der Waals surface area contributed by atoms with Crippen LogP contribution >= 0.6 is 12.4 Å². The van der Waals surface area contributed by atoms with Gasteiger partial charge in [0, 0.05) is 6.54 Å². The van der Waals surface area contributed by atoms with Gasteiger partial charge in [-0.05, 0) is 73.4 Å². The Morgan fingerprint density at radius 1 is 0.923 bits per heavy atom. The van der Waals surface area contributed by atoms with E-state index in [1.165, 1.54) is 11.1 Å². The van der Waals surface area contributed by atoms with Crippen molar-refractivity contribution < 1.29 is 18.0 Å². The number of amides is 2. The van der Waals surface area contributed by atoms with E-state index in [1.54, 1.807) is 23.1 Å². The summed E-state index contributed by atoms with van der Waals surface area (Å²) in [4.78, 5) is 29.8. The number of carbonyl (C=O) groups is 2. The minimum Gasteiger partial charge on any atom is -0.342 e. The van der Waals surface area contributed by atoms with Crippen LogP contribution in [0, 0.1) is 11.8 Å². The molecule has 2 aromatic rings. The van der Waals surface area contributed by atoms with Crippen LogP contribution in [0.25, 0.3) is 0 Å². The number of carbonyl (C=O) groups excluding carboxylic acids is 2. The molecule has 0 aromatic heterocycles. The summed E-state index contributed by atoms with van der Waals surface area (Å²) in [6, 6.07) is 14.0. The highest BCUT2D eigenvalue weighted by Gasteiger charge is 2.47. The van der Waals surface area contributed by atoms with E-state index >= 15 is 0 Å². The van der Waals surface area contributed by atoms with Gasteiger partial charge in [0.25, 0.3) is 0 Å². The third kappa shape index (κ3) is 5.74. The van der Waals surface area contributed by atoms with Crippen molar-refractivity contribution in [3.05, 3.63) is 65.2 Å². The van der Waals surface area contributed by atoms with Gasteiger partial charge in [-0.25, -0.2) is 8.42 Å². The van der Waals surface area contributed by atoms with Crippen molar-refractivity contribution in [2.45, 2.75) is 81.1 Å². The largest absolute Gasteiger partial charge is 0.342 e. The zero-order valence-corrected chi connectivity index (χ0v) is 24.4. The summed E-state index contributed by atoms with van der Waals surface area (Å²) >= 11 is 0. The highest BCUT2D eigenvalue weighted by molar-refractivity contribution is 7.92. The summed E-state index contributed by atoms with van der Waals surface area (Å²) in [5, 5.41) is 5.90. The average molecular weight is 574 g/mol. The van der Waals surface area contributed by atoms with E-state index in [0.29, 0.717) is 36.4 Å². The van der Waals surface area contributed by atoms with Gasteiger partial charge >= 0.3 is 0 Å². The summed E-state index contributed by atoms with van der Waals surface area (Å²) in [5.74, 6) is -0.247. The van der Waals surface area contributed by atoms with Crippen LogP contribution < -0.4 is 10.6 Å². The van der Waals surface area contributed by atoms with Crippen molar-refractivity contribution in [2.75, 3.05) is 13.1 Å². The van der Waals surface area contributed by atoms with Crippen molar-refractivity contribution in [3.63, 3.8) is 0 Å². The van der Waals surface area contributed by atoms with Crippen molar-refractivity contribution >= 4 is 34.1 Å². The summed E-state index contributed by atoms with van der Waals surface area (Å²) < 4.78 is 27.4. The molecule has 0 bridgehead atoms. The number of piperazine rings is 1. The van der Waals surface area contributed by atoms with Gasteiger partial charge in [-0.1, -0.05) is 69.2 Å². The molecule has 2 N–H and O–H groups in total. The fourth-order valence-corrected chi connectivity index (χ4v) is 8.65. The summed E-state index contributed by atoms with van der Waals surface area (Å²) in [6.07, 6.45) is 4.15. The van der Waals surface area contributed by atoms with Crippen molar-refractivity contribution in [1.29, 1.82) is 0 Å². The lowest BCUT2D eigenvalue weighted by Crippen LogP contribution is -2.66. The third-order valence-electron chi connectivity index (χ3n) is 8.85. The second-order valence-electron chi connectivity index (χ2n) is 11.0. The van der Waals surface area contributed by atoms with E-state index < -0.39 is 27.2 Å². The standard InChI is InChI=1S/C30H39N3O4S.ClH/c1-3-20(4-2)28-29(34)32-27(24-17-21-9-5-6-10-22(21)18-24)30(35)33(28)19-23-11-7-8-12-26(23)38(36,37)25-13-15-31-16-14-25;/h5-12,20,24-25,27-28,31H,3-4,13-19H2,1-2H3,(H,32,34);1H/t27-,28-;/m1./s1. The zero-order valence-electron chi connectivity index (χ0n) is 22.8. The lowest BCUT2D eigenvalue weighted by Gasteiger charge is -2.44. The Morgan fingerprint density at radius 3 is 2.13 bits per heavy atom. The summed E-state index contributed by atoms with van der Waals surface area (Å²) in [5.41, 5.74) is 3.05. The van der Waals surface area contributed by atoms with Gasteiger partial charge in [-0.15, -0.1) is 12.4 Å². The average Bonchev–Trinajstić information content (AvgIpc) is 3.37. The topological polar surface area (TPSA) is 95.6 Å². The summed E-state index contributed by atoms with van der Waals surface area (Å²) in [7, 11) is -3.57. The quantitative estimate of drug-likeness (QED) is 0.502. The molecule has 2 heterocycles. The van der Waals surface area contributed by atoms with Gasteiger partial charge in [-0.2, -0.15) is 0 Å². The lowest BCUT2D eigenvalue weighted by molar-refractivity contribution is -0.154. The molecule has 2 amide bonds. The first kappa shape index (κ1) is 29.6. The molecule has 0 unspecified atom stereocenters. The smallest absolute Gasteiger partial charge is 0.246 e. The molecule has 2 saturated heterocycles. The molecule has 39 heavy (non-hydrogen) atoms. The fraction of sp³-hybridized carbons (Fsp3) is 0.533. The molecule has 2 aliphatic heterocycles. The van der Waals surface area contributed by atoms with Gasteiger partial charge in [0.1, 0.15) is 12.1 Å². The molecule has 212 valence electrons. The second-order valence-corrected chi connectivity index (χ2v) is 13.2. The highest BCUT2D eigenvalue weighted by atomic mass is 35.5. The molecule has 3 aliphatic rings. The molecule has 2 atom stereocenters. The zero-order chi connectivity index (χ0) is 26.9. The van der Waals surface area contributed by atoms with Crippen LogP contribution in [0.1, 0.15) is 56.2 Å². The van der Waals surface area contributed by atoms with Gasteiger partial charge in [0.05, 0.1) is 10.1 Å². The third-order valence-corrected chi connectivity index (χ3v) is 11.2. The number of sulfone groups is 1. The Bertz CT molecular complexity index is 1270. The molecule has 9 heteroatoms. The van der Waals surface area contributed by atoms with Crippen molar-refractivity contribution in [3.8, 4) is 0 Å². The highest BCUT2D eigenvalue weighted by Crippen LogP contribution is 2.34. The van der Waals surface area contributed by atoms with Crippen molar-refractivity contribution in [2.24, 2.45) is 11.8 Å². The minimum atomic E-state index is -3.57. The Morgan fingerprint density at radius 2 is 1.51 bits per heavy atom. The monoisotopic (exact) mass is 573 g/mol. The van der Waals surface area contributed by atoms with Crippen LogP contribution in [0.5, 0.6) is 0 Å². The predicted octanol–water partition coefficient (Wildman–Crippen LogP) is 3.68. The maximum absolute atomic E-state index is 14.2. The molecule has 5 rings (SSSR count). The number of halogens is 1. The first-order chi connectivity index (χ1) is 18.3. The predicted molar refractivity (Wildman–Crippen MR) is 154 cm³/mol. The lowest BCUT2D eigenvalue weighted by atomic mass is 9.86. The minimum absolute atomic E-state index is 0. The van der Waals surface area contributed by atoms with Crippen molar-refractivity contribution in [1.82, 2.24) is 15.5 Å². The molecule has 0 radical (unpaired) electrons. The molecule has 2 aromatic carbocycles. The Hall–Kier alpha value is -2.42. The molecule has 0 spiro atoms. The van der Waals surface area contributed by atoms with Crippen LogP contribution in [0.15, 0.2) is 53.4 Å². The molecular weight excluding hydrogens is 534 g/mol. The van der Waals surface area contributed by atoms with Crippen LogP contribution in [0.4, 0.5) is 0 Å². The number of fused-ring (bicyclic) bond motifs is 1. The van der Waals surface area contributed by atoms with Gasteiger partial charge in [0.2, 0.25) is 11.8 Å². The van der Waals surface area contributed by atoms with Gasteiger partial charge < -0.3 is 15.5 Å². The first-order valence-electron chi connectivity index (χ1n) is 14.0. The van der Waals surface area contributed by atoms with Crippen LogP contribution in [-0.2, 0) is 38.8 Å². The Labute approximate surface area is 238 Å². The number of rotatable bonds is 8. The number of nitrogens with zero attached hydrogens (tertiary/aromatic N) is 1. The number of nitrogens with one attached hydrogen (secondary N) is 2. The van der Waals surface area contributed by atoms with E-state index in [2.05, 4.69) is 22.8 Å². The van der Waals surface area contributed by atoms with Crippen LogP contribution in [0.3, 0.4) is 0 Å². The van der Waals surface area contributed by atoms with E-state index in [-0.39, 0.29) is 42.6 Å². The first-order valence-corrected chi connectivity index (χ1v) is 15.6. The van der Waals surface area contributed by atoms with Gasteiger partial charge in [-0.3, -0.25) is 9.59 Å².